The number of para-hydroxylation sites is 1. The fourth-order valence-corrected chi connectivity index (χ4v) is 3.14. The first-order chi connectivity index (χ1) is 14.1. The van der Waals surface area contributed by atoms with Gasteiger partial charge in [-0.2, -0.15) is 5.10 Å². The van der Waals surface area contributed by atoms with Gasteiger partial charge in [0.05, 0.1) is 23.0 Å². The number of fused-ring (bicyclic) bond motifs is 1. The number of rotatable bonds is 4. The second-order valence-electron chi connectivity index (χ2n) is 6.69. The molecule has 0 aliphatic heterocycles. The van der Waals surface area contributed by atoms with Gasteiger partial charge >= 0.3 is 0 Å². The van der Waals surface area contributed by atoms with Crippen molar-refractivity contribution in [3.8, 4) is 11.3 Å². The van der Waals surface area contributed by atoms with Crippen LogP contribution in [0.15, 0.2) is 84.0 Å². The van der Waals surface area contributed by atoms with Crippen LogP contribution in [-0.2, 0) is 0 Å². The third-order valence-corrected chi connectivity index (χ3v) is 4.81. The van der Waals surface area contributed by atoms with Crippen molar-refractivity contribution in [2.24, 2.45) is 5.10 Å². The number of benzene rings is 3. The van der Waals surface area contributed by atoms with Crippen LogP contribution in [0, 0.1) is 6.92 Å². The first kappa shape index (κ1) is 18.8. The van der Waals surface area contributed by atoms with E-state index in [-0.39, 0.29) is 5.91 Å². The van der Waals surface area contributed by atoms with Gasteiger partial charge in [-0.25, -0.2) is 10.4 Å². The largest absolute Gasteiger partial charge is 0.272 e. The van der Waals surface area contributed by atoms with Crippen LogP contribution in [0.25, 0.3) is 22.2 Å². The summed E-state index contributed by atoms with van der Waals surface area (Å²) in [6.07, 6.45) is 1.58. The highest BCUT2D eigenvalue weighted by atomic mass is 35.5. The van der Waals surface area contributed by atoms with Crippen molar-refractivity contribution in [2.75, 3.05) is 0 Å². The Morgan fingerprint density at radius 3 is 2.48 bits per heavy atom. The Kier molecular flexibility index (Phi) is 5.36. The molecule has 4 aromatic rings. The summed E-state index contributed by atoms with van der Waals surface area (Å²) in [6, 6.07) is 24.7. The minimum absolute atomic E-state index is 0.290. The summed E-state index contributed by atoms with van der Waals surface area (Å²) < 4.78 is 0. The summed E-state index contributed by atoms with van der Waals surface area (Å²) in [6.45, 7) is 2.04. The zero-order chi connectivity index (χ0) is 20.2. The molecular weight excluding hydrogens is 382 g/mol. The maximum atomic E-state index is 12.9. The van der Waals surface area contributed by atoms with Crippen molar-refractivity contribution in [2.45, 2.75) is 6.92 Å². The molecule has 0 unspecified atom stereocenters. The molecule has 0 aliphatic carbocycles. The number of carbonyl (C=O) groups is 1. The van der Waals surface area contributed by atoms with Crippen LogP contribution in [0.2, 0.25) is 5.02 Å². The van der Waals surface area contributed by atoms with Crippen LogP contribution in [0.4, 0.5) is 0 Å². The molecule has 4 nitrogen and oxygen atoms in total. The smallest absolute Gasteiger partial charge is 0.267 e. The van der Waals surface area contributed by atoms with Crippen molar-refractivity contribution in [3.05, 3.63) is 101 Å². The summed E-state index contributed by atoms with van der Waals surface area (Å²) in [5.74, 6) is -0.290. The van der Waals surface area contributed by atoms with Crippen LogP contribution in [0.1, 0.15) is 21.5 Å². The van der Waals surface area contributed by atoms with E-state index in [0.29, 0.717) is 10.6 Å². The highest BCUT2D eigenvalue weighted by Crippen LogP contribution is 2.25. The summed E-state index contributed by atoms with van der Waals surface area (Å²) in [5, 5.41) is 5.51. The van der Waals surface area contributed by atoms with Gasteiger partial charge in [0.2, 0.25) is 0 Å². The van der Waals surface area contributed by atoms with E-state index >= 15 is 0 Å². The zero-order valence-corrected chi connectivity index (χ0v) is 16.5. The molecule has 3 aromatic carbocycles. The number of aromatic nitrogens is 1. The molecule has 1 aromatic heterocycles. The molecule has 5 heteroatoms. The molecule has 0 saturated carbocycles. The van der Waals surface area contributed by atoms with Gasteiger partial charge in [-0.1, -0.05) is 71.8 Å². The fourth-order valence-electron chi connectivity index (χ4n) is 3.01. The number of hydrazone groups is 1. The van der Waals surface area contributed by atoms with Gasteiger partial charge in [0.25, 0.3) is 5.91 Å². The monoisotopic (exact) mass is 399 g/mol. The molecule has 0 radical (unpaired) electrons. The van der Waals surface area contributed by atoms with E-state index in [2.05, 4.69) is 10.5 Å². The maximum absolute atomic E-state index is 12.9. The standard InChI is InChI=1S/C24H18ClN3O/c1-16-6-10-18(11-7-16)23-14-21(20-4-2-3-5-22(20)27-23)24(29)28-26-15-17-8-12-19(25)13-9-17/h2-15H,1H3,(H,28,29)/b26-15+. The number of hydrogen-bond acceptors (Lipinski definition) is 3. The van der Waals surface area contributed by atoms with Crippen LogP contribution >= 0.6 is 11.6 Å². The number of nitrogens with zero attached hydrogens (tertiary/aromatic N) is 2. The first-order valence-electron chi connectivity index (χ1n) is 9.16. The van der Waals surface area contributed by atoms with Gasteiger partial charge in [-0.05, 0) is 36.8 Å². The fraction of sp³-hybridized carbons (Fsp3) is 0.0417. The quantitative estimate of drug-likeness (QED) is 0.357. The van der Waals surface area contributed by atoms with Crippen molar-refractivity contribution < 1.29 is 4.79 Å². The zero-order valence-electron chi connectivity index (χ0n) is 15.8. The molecular formula is C24H18ClN3O. The molecule has 0 atom stereocenters. The Balaban J connectivity index is 1.67. The Morgan fingerprint density at radius 1 is 1.00 bits per heavy atom. The van der Waals surface area contributed by atoms with Gasteiger partial charge in [-0.3, -0.25) is 4.79 Å². The Bertz CT molecular complexity index is 1200. The lowest BCUT2D eigenvalue weighted by molar-refractivity contribution is 0.0956. The highest BCUT2D eigenvalue weighted by Gasteiger charge is 2.13. The molecule has 142 valence electrons. The predicted molar refractivity (Wildman–Crippen MR) is 118 cm³/mol. The highest BCUT2D eigenvalue weighted by molar-refractivity contribution is 6.30. The average Bonchev–Trinajstić information content (AvgIpc) is 2.75. The molecule has 1 N–H and O–H groups in total. The van der Waals surface area contributed by atoms with Crippen LogP contribution in [0.5, 0.6) is 0 Å². The Hall–Kier alpha value is -3.50. The predicted octanol–water partition coefficient (Wildman–Crippen LogP) is 5.63. The molecule has 0 fully saturated rings. The van der Waals surface area contributed by atoms with E-state index in [1.54, 1.807) is 24.4 Å². The van der Waals surface area contributed by atoms with E-state index in [9.17, 15) is 4.79 Å². The molecule has 29 heavy (non-hydrogen) atoms. The van der Waals surface area contributed by atoms with Gasteiger partial charge in [0.1, 0.15) is 0 Å². The number of nitrogens with one attached hydrogen (secondary N) is 1. The van der Waals surface area contributed by atoms with E-state index in [1.165, 1.54) is 5.56 Å². The maximum Gasteiger partial charge on any atom is 0.272 e. The summed E-state index contributed by atoms with van der Waals surface area (Å²) in [4.78, 5) is 17.6. The summed E-state index contributed by atoms with van der Waals surface area (Å²) in [5.41, 5.74) is 7.62. The number of pyridine rings is 1. The van der Waals surface area contributed by atoms with E-state index in [1.807, 2.05) is 67.6 Å². The second-order valence-corrected chi connectivity index (χ2v) is 7.13. The average molecular weight is 400 g/mol. The molecule has 0 spiro atoms. The Morgan fingerprint density at radius 2 is 1.72 bits per heavy atom. The molecule has 1 heterocycles. The first-order valence-corrected chi connectivity index (χ1v) is 9.54. The minimum atomic E-state index is -0.290. The van der Waals surface area contributed by atoms with E-state index in [0.717, 1.165) is 27.7 Å². The molecule has 0 bridgehead atoms. The van der Waals surface area contributed by atoms with Crippen LogP contribution in [-0.4, -0.2) is 17.1 Å². The second kappa shape index (κ2) is 8.25. The SMILES string of the molecule is Cc1ccc(-c2cc(C(=O)N/N=C/c3ccc(Cl)cc3)c3ccccc3n2)cc1. The summed E-state index contributed by atoms with van der Waals surface area (Å²) in [7, 11) is 0. The van der Waals surface area contributed by atoms with Crippen molar-refractivity contribution >= 4 is 34.6 Å². The molecule has 0 saturated heterocycles. The van der Waals surface area contributed by atoms with Crippen molar-refractivity contribution in [3.63, 3.8) is 0 Å². The lowest BCUT2D eigenvalue weighted by atomic mass is 10.0. The topological polar surface area (TPSA) is 54.4 Å². The molecule has 1 amide bonds. The molecule has 0 aliphatic rings. The van der Waals surface area contributed by atoms with Crippen molar-refractivity contribution in [1.29, 1.82) is 0 Å². The van der Waals surface area contributed by atoms with E-state index < -0.39 is 0 Å². The number of amides is 1. The van der Waals surface area contributed by atoms with Crippen LogP contribution in [0.3, 0.4) is 0 Å². The third kappa shape index (κ3) is 4.33. The lowest BCUT2D eigenvalue weighted by Crippen LogP contribution is -2.18. The Labute approximate surface area is 173 Å². The lowest BCUT2D eigenvalue weighted by Gasteiger charge is -2.09. The van der Waals surface area contributed by atoms with Gasteiger partial charge in [0.15, 0.2) is 0 Å². The number of aryl methyl sites for hydroxylation is 1. The number of hydrogen-bond donors (Lipinski definition) is 1. The number of carbonyl (C=O) groups excluding carboxylic acids is 1. The molecule has 4 rings (SSSR count). The number of halogens is 1. The van der Waals surface area contributed by atoms with E-state index in [4.69, 9.17) is 16.6 Å². The van der Waals surface area contributed by atoms with Crippen LogP contribution < -0.4 is 5.43 Å². The van der Waals surface area contributed by atoms with Gasteiger partial charge in [0, 0.05) is 16.0 Å². The van der Waals surface area contributed by atoms with Gasteiger partial charge in [-0.15, -0.1) is 0 Å². The summed E-state index contributed by atoms with van der Waals surface area (Å²) >= 11 is 5.89. The van der Waals surface area contributed by atoms with Gasteiger partial charge < -0.3 is 0 Å². The third-order valence-electron chi connectivity index (χ3n) is 4.56. The normalized spacial score (nSPS) is 11.1. The van der Waals surface area contributed by atoms with Crippen molar-refractivity contribution in [1.82, 2.24) is 10.4 Å². The minimum Gasteiger partial charge on any atom is -0.267 e.